The van der Waals surface area contributed by atoms with Crippen LogP contribution < -0.4 is 16.2 Å². The van der Waals surface area contributed by atoms with Gasteiger partial charge < -0.3 is 21.7 Å². The molecule has 0 fully saturated rings. The van der Waals surface area contributed by atoms with Gasteiger partial charge in [-0.05, 0) is 36.4 Å². The largest absolute Gasteiger partial charge is 0.478 e. The van der Waals surface area contributed by atoms with Crippen molar-refractivity contribution < 1.29 is 28.2 Å². The molecule has 2 aromatic carbocycles. The van der Waals surface area contributed by atoms with E-state index in [4.69, 9.17) is 21.7 Å². The average molecular weight is 351 g/mol. The molecular weight excluding hydrogens is 338 g/mol. The van der Waals surface area contributed by atoms with E-state index in [1.54, 1.807) is 0 Å². The Hall–Kier alpha value is -3.27. The number of nitrogens with two attached hydrogens (primary N) is 2. The number of sulfonamides is 1. The van der Waals surface area contributed by atoms with Crippen molar-refractivity contribution in [3.05, 3.63) is 47.5 Å². The minimum atomic E-state index is -4.14. The highest BCUT2D eigenvalue weighted by molar-refractivity contribution is 7.92. The van der Waals surface area contributed by atoms with Crippen molar-refractivity contribution >= 4 is 39.0 Å². The Bertz CT molecular complexity index is 940. The standard InChI is InChI=1S/C14H13N3O6S/c15-11-3-1-7(5-9(11)13(18)19)17-24(22,23)8-2-4-12(16)10(6-8)14(20)21/h1-6,17H,15-16H2,(H,18,19)(H,20,21). The minimum Gasteiger partial charge on any atom is -0.478 e. The Morgan fingerprint density at radius 3 is 1.92 bits per heavy atom. The Morgan fingerprint density at radius 1 is 0.875 bits per heavy atom. The lowest BCUT2D eigenvalue weighted by atomic mass is 10.1. The molecule has 0 heterocycles. The molecule has 0 aliphatic heterocycles. The first-order valence-corrected chi connectivity index (χ1v) is 7.88. The first-order chi connectivity index (χ1) is 11.1. The molecule has 0 spiro atoms. The molecule has 0 radical (unpaired) electrons. The van der Waals surface area contributed by atoms with Gasteiger partial charge in [0.1, 0.15) is 0 Å². The molecule has 0 saturated carbocycles. The van der Waals surface area contributed by atoms with E-state index in [-0.39, 0.29) is 33.1 Å². The number of carboxylic acid groups (broad SMARTS) is 2. The minimum absolute atomic E-state index is 0.0221. The second-order valence-electron chi connectivity index (χ2n) is 4.77. The Labute approximate surface area is 136 Å². The molecule has 0 aliphatic carbocycles. The van der Waals surface area contributed by atoms with Crippen LogP contribution in [0.15, 0.2) is 41.3 Å². The fourth-order valence-corrected chi connectivity index (χ4v) is 2.98. The van der Waals surface area contributed by atoms with Gasteiger partial charge in [-0.25, -0.2) is 18.0 Å². The van der Waals surface area contributed by atoms with Crippen molar-refractivity contribution in [2.24, 2.45) is 0 Å². The van der Waals surface area contributed by atoms with Gasteiger partial charge in [0.05, 0.1) is 16.0 Å². The van der Waals surface area contributed by atoms with E-state index in [9.17, 15) is 18.0 Å². The summed E-state index contributed by atoms with van der Waals surface area (Å²) in [4.78, 5) is 21.7. The van der Waals surface area contributed by atoms with Gasteiger partial charge in [0.2, 0.25) is 0 Å². The van der Waals surface area contributed by atoms with Gasteiger partial charge in [0.25, 0.3) is 10.0 Å². The molecule has 0 amide bonds. The highest BCUT2D eigenvalue weighted by atomic mass is 32.2. The Morgan fingerprint density at radius 2 is 1.38 bits per heavy atom. The van der Waals surface area contributed by atoms with Crippen molar-refractivity contribution in [3.8, 4) is 0 Å². The van der Waals surface area contributed by atoms with Gasteiger partial charge in [-0.1, -0.05) is 0 Å². The van der Waals surface area contributed by atoms with E-state index >= 15 is 0 Å². The molecular formula is C14H13N3O6S. The maximum absolute atomic E-state index is 12.3. The van der Waals surface area contributed by atoms with E-state index in [0.29, 0.717) is 0 Å². The van der Waals surface area contributed by atoms with Gasteiger partial charge in [-0.3, -0.25) is 4.72 Å². The van der Waals surface area contributed by atoms with Gasteiger partial charge >= 0.3 is 11.9 Å². The van der Waals surface area contributed by atoms with Gasteiger partial charge in [-0.15, -0.1) is 0 Å². The lowest BCUT2D eigenvalue weighted by molar-refractivity contribution is 0.0687. The fourth-order valence-electron chi connectivity index (χ4n) is 1.91. The highest BCUT2D eigenvalue weighted by Crippen LogP contribution is 2.23. The van der Waals surface area contributed by atoms with Crippen LogP contribution in [0.5, 0.6) is 0 Å². The molecule has 2 aromatic rings. The molecule has 126 valence electrons. The van der Waals surface area contributed by atoms with Crippen LogP contribution >= 0.6 is 0 Å². The van der Waals surface area contributed by atoms with Crippen LogP contribution in [0.2, 0.25) is 0 Å². The van der Waals surface area contributed by atoms with E-state index in [1.807, 2.05) is 0 Å². The van der Waals surface area contributed by atoms with Crippen LogP contribution in [-0.2, 0) is 10.0 Å². The first-order valence-electron chi connectivity index (χ1n) is 6.40. The van der Waals surface area contributed by atoms with Crippen LogP contribution in [0.1, 0.15) is 20.7 Å². The number of carbonyl (C=O) groups is 2. The molecule has 0 aliphatic rings. The fraction of sp³-hybridized carbons (Fsp3) is 0. The summed E-state index contributed by atoms with van der Waals surface area (Å²) in [5.74, 6) is -2.68. The molecule has 2 rings (SSSR count). The molecule has 10 heteroatoms. The second-order valence-corrected chi connectivity index (χ2v) is 6.45. The normalized spacial score (nSPS) is 11.0. The summed E-state index contributed by atoms with van der Waals surface area (Å²) in [5, 5.41) is 18.0. The lowest BCUT2D eigenvalue weighted by Crippen LogP contribution is -2.15. The van der Waals surface area contributed by atoms with Gasteiger partial charge in [0.15, 0.2) is 0 Å². The van der Waals surface area contributed by atoms with E-state index < -0.39 is 22.0 Å². The number of aromatic carboxylic acids is 2. The highest BCUT2D eigenvalue weighted by Gasteiger charge is 2.19. The van der Waals surface area contributed by atoms with Crippen molar-refractivity contribution in [1.82, 2.24) is 0 Å². The molecule has 0 saturated heterocycles. The maximum Gasteiger partial charge on any atom is 0.337 e. The number of anilines is 3. The third kappa shape index (κ3) is 3.38. The monoisotopic (exact) mass is 351 g/mol. The summed E-state index contributed by atoms with van der Waals surface area (Å²) in [7, 11) is -4.14. The summed E-state index contributed by atoms with van der Waals surface area (Å²) >= 11 is 0. The van der Waals surface area contributed by atoms with Gasteiger partial charge in [-0.2, -0.15) is 0 Å². The number of nitrogen functional groups attached to an aromatic ring is 2. The second kappa shape index (κ2) is 6.08. The first kappa shape index (κ1) is 17.1. The van der Waals surface area contributed by atoms with Crippen LogP contribution in [0.25, 0.3) is 0 Å². The third-order valence-electron chi connectivity index (χ3n) is 3.10. The summed E-state index contributed by atoms with van der Waals surface area (Å²) in [6.07, 6.45) is 0. The average Bonchev–Trinajstić information content (AvgIpc) is 2.48. The molecule has 7 N–H and O–H groups in total. The number of hydrogen-bond acceptors (Lipinski definition) is 6. The predicted octanol–water partition coefficient (Wildman–Crippen LogP) is 1.05. The van der Waals surface area contributed by atoms with Crippen LogP contribution in [-0.4, -0.2) is 30.6 Å². The zero-order chi connectivity index (χ0) is 18.1. The molecule has 0 aromatic heterocycles. The number of rotatable bonds is 5. The van der Waals surface area contributed by atoms with Crippen LogP contribution in [0, 0.1) is 0 Å². The smallest absolute Gasteiger partial charge is 0.337 e. The maximum atomic E-state index is 12.3. The third-order valence-corrected chi connectivity index (χ3v) is 4.48. The van der Waals surface area contributed by atoms with Crippen molar-refractivity contribution in [2.75, 3.05) is 16.2 Å². The lowest BCUT2D eigenvalue weighted by Gasteiger charge is -2.11. The van der Waals surface area contributed by atoms with Crippen molar-refractivity contribution in [1.29, 1.82) is 0 Å². The van der Waals surface area contributed by atoms with Crippen molar-refractivity contribution in [3.63, 3.8) is 0 Å². The zero-order valence-corrected chi connectivity index (χ0v) is 12.9. The van der Waals surface area contributed by atoms with Crippen LogP contribution in [0.4, 0.5) is 17.1 Å². The van der Waals surface area contributed by atoms with E-state index in [2.05, 4.69) is 4.72 Å². The molecule has 0 unspecified atom stereocenters. The van der Waals surface area contributed by atoms with Gasteiger partial charge in [0, 0.05) is 17.1 Å². The van der Waals surface area contributed by atoms with E-state index in [0.717, 1.165) is 24.3 Å². The Kier molecular flexibility index (Phi) is 4.33. The van der Waals surface area contributed by atoms with Crippen LogP contribution in [0.3, 0.4) is 0 Å². The summed E-state index contributed by atoms with van der Waals surface area (Å²) in [5.41, 5.74) is 10.2. The summed E-state index contributed by atoms with van der Waals surface area (Å²) in [6, 6.07) is 6.80. The molecule has 0 atom stereocenters. The van der Waals surface area contributed by atoms with E-state index in [1.165, 1.54) is 12.1 Å². The zero-order valence-electron chi connectivity index (χ0n) is 12.1. The number of nitrogens with one attached hydrogen (secondary N) is 1. The molecule has 9 nitrogen and oxygen atoms in total. The summed E-state index contributed by atoms with van der Waals surface area (Å²) in [6.45, 7) is 0. The Balaban J connectivity index is 2.42. The number of carboxylic acids is 2. The number of hydrogen-bond donors (Lipinski definition) is 5. The number of benzene rings is 2. The SMILES string of the molecule is Nc1ccc(NS(=O)(=O)c2ccc(N)c(C(=O)O)c2)cc1C(=O)O. The van der Waals surface area contributed by atoms with Crippen molar-refractivity contribution in [2.45, 2.75) is 4.90 Å². The quantitative estimate of drug-likeness (QED) is 0.497. The topological polar surface area (TPSA) is 173 Å². The molecule has 24 heavy (non-hydrogen) atoms. The summed E-state index contributed by atoms with van der Waals surface area (Å²) < 4.78 is 26.8. The predicted molar refractivity (Wildman–Crippen MR) is 86.4 cm³/mol. The molecule has 0 bridgehead atoms.